The summed E-state index contributed by atoms with van der Waals surface area (Å²) in [6, 6.07) is 9.32. The minimum absolute atomic E-state index is 0.171. The fourth-order valence-corrected chi connectivity index (χ4v) is 2.80. The zero-order valence-corrected chi connectivity index (χ0v) is 14.3. The normalized spacial score (nSPS) is 12.8. The second kappa shape index (κ2) is 6.88. The highest BCUT2D eigenvalue weighted by Crippen LogP contribution is 2.34. The summed E-state index contributed by atoms with van der Waals surface area (Å²) < 4.78 is 46.0. The number of halogens is 3. The number of carbonyl (C=O) groups is 2. The topological polar surface area (TPSA) is 87.0 Å². The lowest BCUT2D eigenvalue weighted by atomic mass is 10.0. The number of furan rings is 1. The summed E-state index contributed by atoms with van der Waals surface area (Å²) in [6.07, 6.45) is -4.73. The molecular weight excluding hydrogens is 361 g/mol. The van der Waals surface area contributed by atoms with Gasteiger partial charge in [0.1, 0.15) is 5.58 Å². The number of quaternary nitrogens is 1. The van der Waals surface area contributed by atoms with Crippen LogP contribution in [0.3, 0.4) is 0 Å². The summed E-state index contributed by atoms with van der Waals surface area (Å²) in [6.45, 7) is 1.61. The minimum Gasteiger partial charge on any atom is -0.451 e. The molecule has 0 aliphatic carbocycles. The van der Waals surface area contributed by atoms with Gasteiger partial charge in [-0.3, -0.25) is 10.5 Å². The van der Waals surface area contributed by atoms with E-state index in [1.165, 1.54) is 12.1 Å². The van der Waals surface area contributed by atoms with Crippen molar-refractivity contribution >= 4 is 22.8 Å². The molecule has 3 aromatic rings. The van der Waals surface area contributed by atoms with Crippen molar-refractivity contribution in [3.05, 3.63) is 71.0 Å². The van der Waals surface area contributed by atoms with Crippen molar-refractivity contribution in [3.8, 4) is 0 Å². The third-order valence-electron chi connectivity index (χ3n) is 4.22. The molecule has 1 unspecified atom stereocenters. The van der Waals surface area contributed by atoms with E-state index in [1.54, 1.807) is 31.2 Å². The SMILES string of the molecule is Cc1c(C(=O)NC(c2ccc(C([NH3+])=O)cc2)C(F)(F)F)oc2ccccc12. The van der Waals surface area contributed by atoms with Crippen LogP contribution in [0.4, 0.5) is 13.2 Å². The van der Waals surface area contributed by atoms with Crippen LogP contribution >= 0.6 is 0 Å². The highest BCUT2D eigenvalue weighted by Gasteiger charge is 2.42. The van der Waals surface area contributed by atoms with Gasteiger partial charge in [-0.05, 0) is 30.7 Å². The van der Waals surface area contributed by atoms with Crippen molar-refractivity contribution in [2.24, 2.45) is 0 Å². The van der Waals surface area contributed by atoms with Crippen molar-refractivity contribution in [2.75, 3.05) is 0 Å². The quantitative estimate of drug-likeness (QED) is 0.732. The molecule has 4 N–H and O–H groups in total. The van der Waals surface area contributed by atoms with Crippen LogP contribution < -0.4 is 11.1 Å². The number of benzene rings is 2. The average Bonchev–Trinajstić information content (AvgIpc) is 2.96. The summed E-state index contributed by atoms with van der Waals surface area (Å²) >= 11 is 0. The Kier molecular flexibility index (Phi) is 4.75. The van der Waals surface area contributed by atoms with Crippen LogP contribution in [0.1, 0.15) is 38.1 Å². The van der Waals surface area contributed by atoms with Crippen molar-refractivity contribution in [1.82, 2.24) is 5.32 Å². The van der Waals surface area contributed by atoms with Gasteiger partial charge < -0.3 is 9.73 Å². The predicted octanol–water partition coefficient (Wildman–Crippen LogP) is 3.16. The highest BCUT2D eigenvalue weighted by molar-refractivity contribution is 5.99. The Hall–Kier alpha value is -3.13. The third-order valence-corrected chi connectivity index (χ3v) is 4.22. The fraction of sp³-hybridized carbons (Fsp3) is 0.158. The Morgan fingerprint density at radius 2 is 1.70 bits per heavy atom. The molecule has 0 spiro atoms. The molecule has 0 aliphatic rings. The van der Waals surface area contributed by atoms with E-state index in [0.717, 1.165) is 12.1 Å². The van der Waals surface area contributed by atoms with Crippen molar-refractivity contribution < 1.29 is 32.9 Å². The Morgan fingerprint density at radius 1 is 1.07 bits per heavy atom. The van der Waals surface area contributed by atoms with E-state index in [9.17, 15) is 22.8 Å². The molecule has 0 aliphatic heterocycles. The maximum Gasteiger partial charge on any atom is 0.412 e. The Balaban J connectivity index is 1.93. The van der Waals surface area contributed by atoms with E-state index in [-0.39, 0.29) is 16.9 Å². The molecule has 2 aromatic carbocycles. The monoisotopic (exact) mass is 377 g/mol. The maximum atomic E-state index is 13.5. The average molecular weight is 377 g/mol. The number of aryl methyl sites for hydroxylation is 1. The van der Waals surface area contributed by atoms with Gasteiger partial charge in [-0.2, -0.15) is 13.2 Å². The number of fused-ring (bicyclic) bond motifs is 1. The smallest absolute Gasteiger partial charge is 0.412 e. The zero-order valence-electron chi connectivity index (χ0n) is 14.3. The molecule has 1 aromatic heterocycles. The molecule has 5 nitrogen and oxygen atoms in total. The summed E-state index contributed by atoms with van der Waals surface area (Å²) in [5.74, 6) is -1.65. The van der Waals surface area contributed by atoms with Gasteiger partial charge in [-0.1, -0.05) is 30.3 Å². The van der Waals surface area contributed by atoms with Gasteiger partial charge in [0.2, 0.25) is 0 Å². The lowest BCUT2D eigenvalue weighted by Gasteiger charge is -2.21. The van der Waals surface area contributed by atoms with E-state index in [4.69, 9.17) is 4.42 Å². The van der Waals surface area contributed by atoms with Crippen LogP contribution in [-0.4, -0.2) is 18.0 Å². The molecule has 8 heteroatoms. The molecule has 0 fully saturated rings. The number of alkyl halides is 3. The largest absolute Gasteiger partial charge is 0.451 e. The number of nitrogens with one attached hydrogen (secondary N) is 1. The fourth-order valence-electron chi connectivity index (χ4n) is 2.80. The standard InChI is InChI=1S/C19H15F3N2O3/c1-10-13-4-2-3-5-14(13)27-15(10)18(26)24-16(19(20,21)22)11-6-8-12(9-7-11)17(23)25/h2-9,16H,1H3,(H2,23,25)(H,24,26)/p+1. The van der Waals surface area contributed by atoms with Gasteiger partial charge in [-0.25, -0.2) is 4.79 Å². The van der Waals surface area contributed by atoms with Gasteiger partial charge in [0.05, 0.1) is 5.56 Å². The van der Waals surface area contributed by atoms with Crippen molar-refractivity contribution in [1.29, 1.82) is 0 Å². The zero-order chi connectivity index (χ0) is 19.8. The number of amides is 2. The van der Waals surface area contributed by atoms with Crippen LogP contribution in [0.15, 0.2) is 52.9 Å². The van der Waals surface area contributed by atoms with Crippen LogP contribution in [0, 0.1) is 6.92 Å². The van der Waals surface area contributed by atoms with E-state index in [2.05, 4.69) is 5.73 Å². The van der Waals surface area contributed by atoms with Crippen LogP contribution in [-0.2, 0) is 0 Å². The lowest BCUT2D eigenvalue weighted by molar-refractivity contribution is -0.255. The molecule has 0 radical (unpaired) electrons. The number of rotatable bonds is 4. The second-order valence-electron chi connectivity index (χ2n) is 6.05. The lowest BCUT2D eigenvalue weighted by Crippen LogP contribution is -2.56. The summed E-state index contributed by atoms with van der Waals surface area (Å²) in [5, 5.41) is 2.64. The molecule has 1 heterocycles. The number of hydrogen-bond donors (Lipinski definition) is 2. The highest BCUT2D eigenvalue weighted by atomic mass is 19.4. The molecule has 140 valence electrons. The van der Waals surface area contributed by atoms with Gasteiger partial charge in [0.25, 0.3) is 5.91 Å². The molecule has 0 saturated heterocycles. The molecule has 3 rings (SSSR count). The Morgan fingerprint density at radius 3 is 2.26 bits per heavy atom. The van der Waals surface area contributed by atoms with Gasteiger partial charge in [0, 0.05) is 10.9 Å². The van der Waals surface area contributed by atoms with Gasteiger partial charge in [-0.15, -0.1) is 0 Å². The van der Waals surface area contributed by atoms with Gasteiger partial charge >= 0.3 is 12.1 Å². The van der Waals surface area contributed by atoms with Crippen molar-refractivity contribution in [2.45, 2.75) is 19.1 Å². The predicted molar refractivity (Wildman–Crippen MR) is 90.9 cm³/mol. The second-order valence-corrected chi connectivity index (χ2v) is 6.05. The van der Waals surface area contributed by atoms with E-state index in [1.807, 2.05) is 5.32 Å². The molecule has 27 heavy (non-hydrogen) atoms. The van der Waals surface area contributed by atoms with Crippen LogP contribution in [0.25, 0.3) is 11.0 Å². The first-order valence-electron chi connectivity index (χ1n) is 8.00. The molecule has 2 amide bonds. The maximum absolute atomic E-state index is 13.5. The number of hydrogen-bond acceptors (Lipinski definition) is 3. The third kappa shape index (κ3) is 3.70. The van der Waals surface area contributed by atoms with E-state index in [0.29, 0.717) is 16.5 Å². The Labute approximate surface area is 151 Å². The first-order valence-corrected chi connectivity index (χ1v) is 8.00. The number of carbonyl (C=O) groups excluding carboxylic acids is 2. The van der Waals surface area contributed by atoms with Crippen molar-refractivity contribution in [3.63, 3.8) is 0 Å². The molecule has 1 atom stereocenters. The molecule has 0 bridgehead atoms. The first kappa shape index (κ1) is 18.7. The van der Waals surface area contributed by atoms with Crippen LogP contribution in [0.2, 0.25) is 0 Å². The van der Waals surface area contributed by atoms with E-state index >= 15 is 0 Å². The Bertz CT molecular complexity index is 1010. The summed E-state index contributed by atoms with van der Waals surface area (Å²) in [5.41, 5.74) is 4.07. The first-order chi connectivity index (χ1) is 12.7. The summed E-state index contributed by atoms with van der Waals surface area (Å²) in [4.78, 5) is 23.7. The summed E-state index contributed by atoms with van der Waals surface area (Å²) in [7, 11) is 0. The molecule has 0 saturated carbocycles. The van der Waals surface area contributed by atoms with Gasteiger partial charge in [0.15, 0.2) is 11.8 Å². The molecular formula is C19H16F3N2O3+. The number of para-hydroxylation sites is 1. The minimum atomic E-state index is -4.73. The van der Waals surface area contributed by atoms with Crippen LogP contribution in [0.5, 0.6) is 0 Å². The van der Waals surface area contributed by atoms with E-state index < -0.39 is 24.0 Å².